The maximum Gasteiger partial charge on any atom is 0.184 e. The number of alkyl halides is 2. The van der Waals surface area contributed by atoms with E-state index in [2.05, 4.69) is 58.7 Å². The highest BCUT2D eigenvalue weighted by Gasteiger charge is 2.76. The summed E-state index contributed by atoms with van der Waals surface area (Å²) in [4.78, 5) is 27.1. The van der Waals surface area contributed by atoms with E-state index in [9.17, 15) is 9.59 Å². The maximum atomic E-state index is 14.1. The molecular weight excluding hydrogens is 630 g/mol. The van der Waals surface area contributed by atoms with Crippen LogP contribution in [0.15, 0.2) is 42.5 Å². The van der Waals surface area contributed by atoms with Gasteiger partial charge in [-0.3, -0.25) is 9.59 Å². The van der Waals surface area contributed by atoms with Gasteiger partial charge in [0, 0.05) is 21.3 Å². The molecule has 1 aliphatic heterocycles. The number of benzene rings is 1. The molecule has 9 atom stereocenters. The van der Waals surface area contributed by atoms with Crippen molar-refractivity contribution in [2.75, 3.05) is 6.61 Å². The molecule has 5 aliphatic rings. The van der Waals surface area contributed by atoms with Gasteiger partial charge in [-0.2, -0.15) is 0 Å². The molecule has 0 amide bonds. The minimum Gasteiger partial charge on any atom is -0.348 e. The van der Waals surface area contributed by atoms with E-state index >= 15 is 0 Å². The van der Waals surface area contributed by atoms with Crippen molar-refractivity contribution in [1.29, 1.82) is 0 Å². The standard InChI is InChI=1S/C26H28I2O4/c1-14-16-8-9-18-25(28)11-10-20(29)24(2,27)19(25)12-21-26(18,22(14)30)17(16)13-31-23(32-21)15-6-4-3-5-7-15/h3-7,16-19,21,23H,1,8-13H2,2H3/t16-,17?,18?,19?,21?,23?,24?,25?,26?/m0/s1. The van der Waals surface area contributed by atoms with Gasteiger partial charge in [0.25, 0.3) is 0 Å². The lowest BCUT2D eigenvalue weighted by atomic mass is 9.46. The maximum absolute atomic E-state index is 14.1. The van der Waals surface area contributed by atoms with Gasteiger partial charge in [0.05, 0.1) is 21.5 Å². The van der Waals surface area contributed by atoms with E-state index in [1.807, 2.05) is 30.3 Å². The van der Waals surface area contributed by atoms with Gasteiger partial charge >= 0.3 is 0 Å². The van der Waals surface area contributed by atoms with Crippen molar-refractivity contribution < 1.29 is 19.1 Å². The van der Waals surface area contributed by atoms with E-state index in [0.29, 0.717) is 18.8 Å². The highest BCUT2D eigenvalue weighted by molar-refractivity contribution is 14.1. The Balaban J connectivity index is 1.52. The van der Waals surface area contributed by atoms with E-state index in [-0.39, 0.29) is 39.0 Å². The predicted molar refractivity (Wildman–Crippen MR) is 138 cm³/mol. The molecule has 4 saturated carbocycles. The van der Waals surface area contributed by atoms with E-state index in [4.69, 9.17) is 9.47 Å². The fourth-order valence-corrected chi connectivity index (χ4v) is 11.7. The van der Waals surface area contributed by atoms with Crippen LogP contribution in [0.1, 0.15) is 50.9 Å². The van der Waals surface area contributed by atoms with Crippen molar-refractivity contribution in [3.8, 4) is 0 Å². The lowest BCUT2D eigenvalue weighted by molar-refractivity contribution is -0.203. The highest BCUT2D eigenvalue weighted by atomic mass is 127. The van der Waals surface area contributed by atoms with Gasteiger partial charge in [-0.15, -0.1) is 0 Å². The first-order valence-corrected chi connectivity index (χ1v) is 13.8. The monoisotopic (exact) mass is 658 g/mol. The summed E-state index contributed by atoms with van der Waals surface area (Å²) in [7, 11) is 0. The molecule has 1 aromatic rings. The van der Waals surface area contributed by atoms with Crippen LogP contribution < -0.4 is 0 Å². The number of ether oxygens (including phenoxy) is 2. The van der Waals surface area contributed by atoms with Crippen molar-refractivity contribution in [1.82, 2.24) is 0 Å². The first kappa shape index (κ1) is 22.2. The summed E-state index contributed by atoms with van der Waals surface area (Å²) in [6.07, 6.45) is 3.43. The van der Waals surface area contributed by atoms with Crippen LogP contribution in [0.25, 0.3) is 0 Å². The zero-order valence-corrected chi connectivity index (χ0v) is 22.5. The second kappa shape index (κ2) is 7.34. The summed E-state index contributed by atoms with van der Waals surface area (Å²) >= 11 is 5.05. The van der Waals surface area contributed by atoms with E-state index < -0.39 is 15.1 Å². The largest absolute Gasteiger partial charge is 0.348 e. The summed E-state index contributed by atoms with van der Waals surface area (Å²) in [6, 6.07) is 10.1. The Labute approximate surface area is 216 Å². The van der Waals surface area contributed by atoms with Crippen LogP contribution in [0.5, 0.6) is 0 Å². The third kappa shape index (κ3) is 2.67. The molecule has 1 aromatic carbocycles. The summed E-state index contributed by atoms with van der Waals surface area (Å²) in [5, 5.41) is 0. The molecule has 32 heavy (non-hydrogen) atoms. The third-order valence-corrected chi connectivity index (χ3v) is 12.8. The predicted octanol–water partition coefficient (Wildman–Crippen LogP) is 5.62. The lowest BCUT2D eigenvalue weighted by Crippen LogP contribution is -2.69. The number of halogens is 2. The van der Waals surface area contributed by atoms with E-state index in [1.54, 1.807) is 0 Å². The minimum absolute atomic E-state index is 0.0858. The van der Waals surface area contributed by atoms with Gasteiger partial charge in [0.1, 0.15) is 5.78 Å². The Bertz CT molecular complexity index is 1010. The smallest absolute Gasteiger partial charge is 0.184 e. The molecule has 1 saturated heterocycles. The fraction of sp³-hybridized carbons (Fsp3) is 0.615. The normalized spacial score (nSPS) is 49.9. The molecule has 6 rings (SSSR count). The van der Waals surface area contributed by atoms with Crippen LogP contribution in [0.2, 0.25) is 0 Å². The summed E-state index contributed by atoms with van der Waals surface area (Å²) in [6.45, 7) is 6.91. The molecule has 4 nitrogen and oxygen atoms in total. The molecule has 0 radical (unpaired) electrons. The molecule has 2 bridgehead atoms. The topological polar surface area (TPSA) is 52.6 Å². The average molecular weight is 658 g/mol. The number of hydrogen-bond acceptors (Lipinski definition) is 4. The van der Waals surface area contributed by atoms with Crippen molar-refractivity contribution in [2.24, 2.45) is 29.1 Å². The number of allylic oxidation sites excluding steroid dienone is 1. The Morgan fingerprint density at radius 2 is 1.84 bits per heavy atom. The Morgan fingerprint density at radius 1 is 1.09 bits per heavy atom. The van der Waals surface area contributed by atoms with Crippen molar-refractivity contribution in [2.45, 2.75) is 58.3 Å². The number of carbonyl (C=O) groups is 2. The fourth-order valence-electron chi connectivity index (χ4n) is 8.01. The molecule has 170 valence electrons. The molecule has 6 heteroatoms. The van der Waals surface area contributed by atoms with Crippen LogP contribution in [0.4, 0.5) is 0 Å². The van der Waals surface area contributed by atoms with Crippen molar-refractivity contribution in [3.63, 3.8) is 0 Å². The first-order chi connectivity index (χ1) is 15.2. The Kier molecular flexibility index (Phi) is 5.08. The van der Waals surface area contributed by atoms with Gasteiger partial charge < -0.3 is 9.47 Å². The minimum atomic E-state index is -0.575. The zero-order valence-electron chi connectivity index (χ0n) is 18.2. The first-order valence-electron chi connectivity index (χ1n) is 11.7. The van der Waals surface area contributed by atoms with Gasteiger partial charge in [-0.05, 0) is 55.9 Å². The number of carbonyl (C=O) groups excluding carboxylic acids is 2. The van der Waals surface area contributed by atoms with Crippen LogP contribution in [0, 0.1) is 29.1 Å². The summed E-state index contributed by atoms with van der Waals surface area (Å²) in [5.41, 5.74) is 1.20. The van der Waals surface area contributed by atoms with E-state index in [1.165, 1.54) is 0 Å². The van der Waals surface area contributed by atoms with Crippen molar-refractivity contribution >= 4 is 56.7 Å². The number of fused-ring (bicyclic) bond motifs is 2. The zero-order chi connectivity index (χ0) is 22.5. The molecule has 1 spiro atoms. The van der Waals surface area contributed by atoms with Gasteiger partial charge in [-0.1, -0.05) is 82.1 Å². The van der Waals surface area contributed by atoms with E-state index in [0.717, 1.165) is 36.8 Å². The summed E-state index contributed by atoms with van der Waals surface area (Å²) < 4.78 is 12.7. The van der Waals surface area contributed by atoms with Gasteiger partial charge in [0.15, 0.2) is 12.1 Å². The molecule has 0 aromatic heterocycles. The molecule has 4 aliphatic carbocycles. The highest BCUT2D eigenvalue weighted by Crippen LogP contribution is 2.73. The molecule has 0 N–H and O–H groups in total. The van der Waals surface area contributed by atoms with Crippen LogP contribution in [-0.4, -0.2) is 31.1 Å². The van der Waals surface area contributed by atoms with Gasteiger partial charge in [-0.25, -0.2) is 0 Å². The lowest BCUT2D eigenvalue weighted by Gasteiger charge is -2.64. The summed E-state index contributed by atoms with van der Waals surface area (Å²) in [5.74, 6) is 1.22. The molecule has 1 heterocycles. The van der Waals surface area contributed by atoms with Crippen LogP contribution >= 0.6 is 45.2 Å². The quantitative estimate of drug-likeness (QED) is 0.224. The number of ketones is 2. The van der Waals surface area contributed by atoms with Crippen molar-refractivity contribution in [3.05, 3.63) is 48.0 Å². The van der Waals surface area contributed by atoms with Gasteiger partial charge in [0.2, 0.25) is 0 Å². The molecule has 5 fully saturated rings. The Hall–Kier alpha value is -0.320. The third-order valence-electron chi connectivity index (χ3n) is 9.44. The molecule has 8 unspecified atom stereocenters. The number of hydrogen-bond donors (Lipinski definition) is 0. The number of rotatable bonds is 1. The average Bonchev–Trinajstić information content (AvgIpc) is 2.92. The Morgan fingerprint density at radius 3 is 2.59 bits per heavy atom. The van der Waals surface area contributed by atoms with Crippen LogP contribution in [-0.2, 0) is 19.1 Å². The second-order valence-corrected chi connectivity index (χ2v) is 14.8. The van der Waals surface area contributed by atoms with Crippen LogP contribution in [0.3, 0.4) is 0 Å². The number of Topliss-reactive ketones (excluding diaryl/α,β-unsaturated/α-hetero) is 2. The molecular formula is C26H28I2O4. The SMILES string of the molecule is C=C1C(=O)C23C4CC5C(C)(I)C(=O)CCC5(I)C2CC[C@@H]1C3COC(c1ccccc1)O4. The second-order valence-electron chi connectivity index (χ2n) is 10.5.